The van der Waals surface area contributed by atoms with E-state index < -0.39 is 65.0 Å². The molecule has 1 aliphatic heterocycles. The van der Waals surface area contributed by atoms with Gasteiger partial charge in [0, 0.05) is 25.4 Å². The summed E-state index contributed by atoms with van der Waals surface area (Å²) in [4.78, 5) is 75.8. The molecule has 0 spiro atoms. The summed E-state index contributed by atoms with van der Waals surface area (Å²) in [5, 5.41) is 13.8. The van der Waals surface area contributed by atoms with E-state index in [1.807, 2.05) is 13.8 Å². The molecule has 1 rings (SSSR count). The fourth-order valence-electron chi connectivity index (χ4n) is 4.06. The van der Waals surface area contributed by atoms with Crippen molar-refractivity contribution in [3.05, 3.63) is 0 Å². The maximum Gasteiger partial charge on any atom is 0.408 e. The van der Waals surface area contributed by atoms with Crippen molar-refractivity contribution in [2.24, 2.45) is 5.92 Å². The van der Waals surface area contributed by atoms with Crippen molar-refractivity contribution < 1.29 is 48.1 Å². The number of nitrogens with zero attached hydrogens (tertiary/aromatic N) is 1. The molecule has 13 heteroatoms. The molecule has 0 aromatic heterocycles. The summed E-state index contributed by atoms with van der Waals surface area (Å²) in [7, 11) is 2.33. The first-order valence-corrected chi connectivity index (χ1v) is 14.2. The summed E-state index contributed by atoms with van der Waals surface area (Å²) in [5.41, 5.74) is -1.30. The molecule has 1 fully saturated rings. The monoisotopic (exact) mass is 601 g/mol. The normalized spacial score (nSPS) is 16.4. The number of aliphatic hydroxyl groups is 1. The lowest BCUT2D eigenvalue weighted by Gasteiger charge is -2.30. The lowest BCUT2D eigenvalue weighted by molar-refractivity contribution is -0.152. The molecule has 1 heterocycles. The van der Waals surface area contributed by atoms with Gasteiger partial charge < -0.3 is 34.9 Å². The number of Topliss-reactive ketones (excluding diaryl/α,β-unsaturated/α-hetero) is 1. The van der Waals surface area contributed by atoms with Crippen LogP contribution in [0.15, 0.2) is 0 Å². The number of likely N-dealkylation sites (tertiary alicyclic amines) is 1. The Balaban J connectivity index is 0.00000308. The molecule has 1 unspecified atom stereocenters. The number of ether oxygens (including phenoxy) is 3. The van der Waals surface area contributed by atoms with Crippen LogP contribution in [0.5, 0.6) is 0 Å². The van der Waals surface area contributed by atoms with Gasteiger partial charge in [-0.1, -0.05) is 13.8 Å². The van der Waals surface area contributed by atoms with Gasteiger partial charge in [0.25, 0.3) is 0 Å². The molecule has 0 aliphatic carbocycles. The molecular weight excluding hydrogens is 550 g/mol. The maximum absolute atomic E-state index is 13.4. The van der Waals surface area contributed by atoms with Crippen LogP contribution in [0.3, 0.4) is 0 Å². The Kier molecular flexibility index (Phi) is 16.3. The first-order valence-electron chi connectivity index (χ1n) is 14.2. The van der Waals surface area contributed by atoms with Gasteiger partial charge in [-0.3, -0.25) is 19.2 Å². The predicted molar refractivity (Wildman–Crippen MR) is 154 cm³/mol. The number of ketones is 1. The molecule has 242 valence electrons. The van der Waals surface area contributed by atoms with Crippen LogP contribution in [-0.4, -0.2) is 95.7 Å². The number of alkyl carbamates (subject to hydrolysis) is 1. The number of amides is 3. The SMILES string of the molecule is CC(C)(C)O.COC(=O)CC[C@H](NC(=O)OC(C)(C)C)C(=O)N1CCCC1C(=O)N[C@H](CC(=O)C(=O)OC)CC(C)C. The first-order chi connectivity index (χ1) is 19.2. The van der Waals surface area contributed by atoms with E-state index in [4.69, 9.17) is 9.84 Å². The molecule has 0 radical (unpaired) electrons. The summed E-state index contributed by atoms with van der Waals surface area (Å²) in [6.45, 7) is 14.4. The van der Waals surface area contributed by atoms with E-state index in [-0.39, 0.29) is 31.7 Å². The van der Waals surface area contributed by atoms with Gasteiger partial charge in [-0.2, -0.15) is 0 Å². The van der Waals surface area contributed by atoms with Crippen LogP contribution >= 0.6 is 0 Å². The lowest BCUT2D eigenvalue weighted by Crippen LogP contribution is -2.55. The third kappa shape index (κ3) is 16.9. The zero-order chi connectivity index (χ0) is 32.8. The Morgan fingerprint density at radius 2 is 1.52 bits per heavy atom. The highest BCUT2D eigenvalue weighted by molar-refractivity contribution is 6.33. The highest BCUT2D eigenvalue weighted by atomic mass is 16.6. The molecule has 0 saturated carbocycles. The number of hydrogen-bond acceptors (Lipinski definition) is 10. The van der Waals surface area contributed by atoms with E-state index in [1.165, 1.54) is 12.0 Å². The van der Waals surface area contributed by atoms with Crippen LogP contribution in [-0.2, 0) is 38.2 Å². The van der Waals surface area contributed by atoms with Crippen LogP contribution in [0.2, 0.25) is 0 Å². The second-order valence-corrected chi connectivity index (χ2v) is 12.6. The minimum Gasteiger partial charge on any atom is -0.469 e. The summed E-state index contributed by atoms with van der Waals surface area (Å²) in [5.74, 6) is -3.15. The van der Waals surface area contributed by atoms with Crippen molar-refractivity contribution in [3.8, 4) is 0 Å². The fraction of sp³-hybridized carbons (Fsp3) is 0.793. The number of nitrogens with one attached hydrogen (secondary N) is 2. The van der Waals surface area contributed by atoms with Crippen molar-refractivity contribution in [1.29, 1.82) is 0 Å². The number of rotatable bonds is 12. The minimum atomic E-state index is -1.12. The van der Waals surface area contributed by atoms with Gasteiger partial charge in [-0.25, -0.2) is 9.59 Å². The largest absolute Gasteiger partial charge is 0.469 e. The van der Waals surface area contributed by atoms with Crippen molar-refractivity contribution in [1.82, 2.24) is 15.5 Å². The Morgan fingerprint density at radius 1 is 0.952 bits per heavy atom. The molecular formula is C29H51N3O10. The summed E-state index contributed by atoms with van der Waals surface area (Å²) in [6.07, 6.45) is 0.159. The number of methoxy groups -OCH3 is 2. The van der Waals surface area contributed by atoms with Crippen LogP contribution in [0.4, 0.5) is 4.79 Å². The quantitative estimate of drug-likeness (QED) is 0.171. The third-order valence-corrected chi connectivity index (χ3v) is 5.64. The van der Waals surface area contributed by atoms with Crippen molar-refractivity contribution >= 4 is 35.6 Å². The Bertz CT molecular complexity index is 931. The lowest BCUT2D eigenvalue weighted by atomic mass is 9.98. The second kappa shape index (κ2) is 17.7. The smallest absolute Gasteiger partial charge is 0.408 e. The van der Waals surface area contributed by atoms with Crippen molar-refractivity contribution in [3.63, 3.8) is 0 Å². The van der Waals surface area contributed by atoms with Crippen LogP contribution in [0.25, 0.3) is 0 Å². The molecule has 1 saturated heterocycles. The van der Waals surface area contributed by atoms with E-state index in [0.717, 1.165) is 7.11 Å². The van der Waals surface area contributed by atoms with Crippen LogP contribution in [0, 0.1) is 5.92 Å². The Hall–Kier alpha value is -3.22. The van der Waals surface area contributed by atoms with Crippen LogP contribution in [0.1, 0.15) is 93.9 Å². The van der Waals surface area contributed by atoms with E-state index in [0.29, 0.717) is 19.3 Å². The van der Waals surface area contributed by atoms with Gasteiger partial charge >= 0.3 is 18.0 Å². The Morgan fingerprint density at radius 3 is 2.00 bits per heavy atom. The summed E-state index contributed by atoms with van der Waals surface area (Å²) >= 11 is 0. The molecule has 3 amide bonds. The van der Waals surface area contributed by atoms with Gasteiger partial charge in [0.15, 0.2) is 0 Å². The van der Waals surface area contributed by atoms with Gasteiger partial charge in [-0.05, 0) is 73.1 Å². The van der Waals surface area contributed by atoms with E-state index in [9.17, 15) is 28.8 Å². The molecule has 0 aromatic rings. The Labute approximate surface area is 249 Å². The standard InChI is InChI=1S/C25H41N3O9.C4H10O/c1-15(2)13-16(14-19(29)23(33)36-7)26-21(31)18-9-8-12-28(18)22(32)17(10-11-20(30)35-6)27-24(34)37-25(3,4)5;1-4(2,3)5/h15-18H,8-14H2,1-7H3,(H,26,31)(H,27,34);5H,1-3H3/t16-,17-,18?;/m0./s1. The number of esters is 2. The maximum atomic E-state index is 13.4. The highest BCUT2D eigenvalue weighted by Gasteiger charge is 2.39. The van der Waals surface area contributed by atoms with Crippen molar-refractivity contribution in [2.75, 3.05) is 20.8 Å². The molecule has 3 atom stereocenters. The van der Waals surface area contributed by atoms with Gasteiger partial charge in [-0.15, -0.1) is 0 Å². The fourth-order valence-corrected chi connectivity index (χ4v) is 4.06. The highest BCUT2D eigenvalue weighted by Crippen LogP contribution is 2.21. The van der Waals surface area contributed by atoms with Crippen molar-refractivity contribution in [2.45, 2.75) is 123 Å². The topological polar surface area (TPSA) is 178 Å². The zero-order valence-electron chi connectivity index (χ0n) is 26.8. The van der Waals surface area contributed by atoms with Gasteiger partial charge in [0.2, 0.25) is 17.6 Å². The second-order valence-electron chi connectivity index (χ2n) is 12.6. The molecule has 1 aliphatic rings. The first kappa shape index (κ1) is 38.8. The number of carbonyl (C=O) groups is 6. The van der Waals surface area contributed by atoms with E-state index >= 15 is 0 Å². The van der Waals surface area contributed by atoms with Gasteiger partial charge in [0.1, 0.15) is 17.7 Å². The average molecular weight is 602 g/mol. The molecule has 3 N–H and O–H groups in total. The summed E-state index contributed by atoms with van der Waals surface area (Å²) in [6, 6.07) is -2.57. The predicted octanol–water partition coefficient (Wildman–Crippen LogP) is 2.26. The number of hydrogen-bond donors (Lipinski definition) is 3. The third-order valence-electron chi connectivity index (χ3n) is 5.64. The van der Waals surface area contributed by atoms with Crippen LogP contribution < -0.4 is 10.6 Å². The number of carbonyl (C=O) groups excluding carboxylic acids is 6. The zero-order valence-corrected chi connectivity index (χ0v) is 26.8. The average Bonchev–Trinajstić information content (AvgIpc) is 3.32. The minimum absolute atomic E-state index is 0.0425. The van der Waals surface area contributed by atoms with E-state index in [2.05, 4.69) is 20.1 Å². The van der Waals surface area contributed by atoms with E-state index in [1.54, 1.807) is 41.5 Å². The molecule has 13 nitrogen and oxygen atoms in total. The van der Waals surface area contributed by atoms with Gasteiger partial charge in [0.05, 0.1) is 19.8 Å². The molecule has 42 heavy (non-hydrogen) atoms. The molecule has 0 aromatic carbocycles. The summed E-state index contributed by atoms with van der Waals surface area (Å²) < 4.78 is 14.4. The molecule has 0 bridgehead atoms.